The lowest BCUT2D eigenvalue weighted by Crippen LogP contribution is -2.60. The summed E-state index contributed by atoms with van der Waals surface area (Å²) in [5, 5.41) is 0. The van der Waals surface area contributed by atoms with Gasteiger partial charge in [-0.3, -0.25) is 0 Å². The Bertz CT molecular complexity index is 201. The summed E-state index contributed by atoms with van der Waals surface area (Å²) < 4.78 is 0. The Kier molecular flexibility index (Phi) is 1.39. The van der Waals surface area contributed by atoms with Crippen LogP contribution in [-0.4, -0.2) is 6.54 Å². The Labute approximate surface area is 74.7 Å². The van der Waals surface area contributed by atoms with E-state index in [1.54, 1.807) is 12.8 Å². The summed E-state index contributed by atoms with van der Waals surface area (Å²) in [6.45, 7) is 1.23. The van der Waals surface area contributed by atoms with Crippen molar-refractivity contribution in [3.63, 3.8) is 0 Å². The average Bonchev–Trinajstić information content (AvgIpc) is 2.76. The van der Waals surface area contributed by atoms with E-state index in [0.29, 0.717) is 0 Å². The summed E-state index contributed by atoms with van der Waals surface area (Å²) in [4.78, 5) is 0. The van der Waals surface area contributed by atoms with Gasteiger partial charge in [0.1, 0.15) is 0 Å². The normalized spacial score (nSPS) is 56.2. The van der Waals surface area contributed by atoms with Crippen molar-refractivity contribution >= 4 is 0 Å². The van der Waals surface area contributed by atoms with Gasteiger partial charge >= 0.3 is 0 Å². The van der Waals surface area contributed by atoms with Gasteiger partial charge in [-0.2, -0.15) is 0 Å². The molecule has 0 saturated heterocycles. The maximum atomic E-state index is 4.22. The Morgan fingerprint density at radius 2 is 2.17 bits per heavy atom. The topological polar surface area (TPSA) is 27.6 Å². The summed E-state index contributed by atoms with van der Waals surface area (Å²) in [5.41, 5.74) is 4.97. The van der Waals surface area contributed by atoms with E-state index in [-0.39, 0.29) is 0 Å². The highest BCUT2D eigenvalue weighted by atomic mass is 14.7. The van der Waals surface area contributed by atoms with Crippen molar-refractivity contribution in [2.45, 2.75) is 38.5 Å². The van der Waals surface area contributed by atoms with Gasteiger partial charge in [0.15, 0.2) is 0 Å². The first-order valence-electron chi connectivity index (χ1n) is 5.66. The van der Waals surface area contributed by atoms with Crippen LogP contribution in [0.5, 0.6) is 0 Å². The van der Waals surface area contributed by atoms with Crippen LogP contribution in [0.25, 0.3) is 0 Å². The van der Waals surface area contributed by atoms with Crippen LogP contribution in [0.2, 0.25) is 0 Å². The van der Waals surface area contributed by atoms with Crippen molar-refractivity contribution in [3.8, 4) is 0 Å². The van der Waals surface area contributed by atoms with Crippen LogP contribution in [0.4, 0.5) is 0 Å². The van der Waals surface area contributed by atoms with Gasteiger partial charge in [0, 0.05) is 5.41 Å². The fourth-order valence-corrected chi connectivity index (χ4v) is 4.75. The maximum absolute atomic E-state index is 4.22. The van der Waals surface area contributed by atoms with Gasteiger partial charge in [-0.25, -0.2) is 0 Å². The van der Waals surface area contributed by atoms with Gasteiger partial charge in [-0.15, -0.1) is 0 Å². The van der Waals surface area contributed by atoms with Crippen molar-refractivity contribution in [2.75, 3.05) is 6.54 Å². The molecule has 1 nitrogen and oxygen atoms in total. The van der Waals surface area contributed by atoms with E-state index in [4.69, 9.17) is 0 Å². The number of hydrogen-bond acceptors (Lipinski definition) is 0. The zero-order chi connectivity index (χ0) is 8.18. The van der Waals surface area contributed by atoms with Crippen LogP contribution in [0.1, 0.15) is 38.5 Å². The second-order valence-electron chi connectivity index (χ2n) is 5.25. The quantitative estimate of drug-likeness (QED) is 0.610. The Balaban J connectivity index is 1.98. The Hall–Kier alpha value is -0.0400. The van der Waals surface area contributed by atoms with Gasteiger partial charge in [-0.1, -0.05) is 6.42 Å². The third-order valence-electron chi connectivity index (χ3n) is 5.22. The lowest BCUT2D eigenvalue weighted by atomic mass is 9.68. The van der Waals surface area contributed by atoms with Gasteiger partial charge in [0.05, 0.1) is 6.54 Å². The molecule has 3 rings (SSSR count). The van der Waals surface area contributed by atoms with Crippen molar-refractivity contribution in [3.05, 3.63) is 0 Å². The van der Waals surface area contributed by atoms with Gasteiger partial charge in [0.2, 0.25) is 0 Å². The van der Waals surface area contributed by atoms with Crippen molar-refractivity contribution in [1.29, 1.82) is 0 Å². The second-order valence-corrected chi connectivity index (χ2v) is 5.25. The molecule has 3 saturated carbocycles. The monoisotopic (exact) mass is 166 g/mol. The molecule has 3 fully saturated rings. The molecular weight excluding hydrogens is 146 g/mol. The molecule has 0 aliphatic heterocycles. The van der Waals surface area contributed by atoms with Crippen molar-refractivity contribution < 1.29 is 5.73 Å². The van der Waals surface area contributed by atoms with Gasteiger partial charge in [-0.05, 0) is 49.9 Å². The number of hydrogen-bond donors (Lipinski definition) is 1. The van der Waals surface area contributed by atoms with E-state index < -0.39 is 0 Å². The van der Waals surface area contributed by atoms with Crippen molar-refractivity contribution in [2.24, 2.45) is 23.2 Å². The van der Waals surface area contributed by atoms with Crippen LogP contribution in [0.15, 0.2) is 0 Å². The third-order valence-corrected chi connectivity index (χ3v) is 5.22. The molecule has 2 bridgehead atoms. The Morgan fingerprint density at radius 3 is 2.92 bits per heavy atom. The molecule has 0 aromatic heterocycles. The summed E-state index contributed by atoms with van der Waals surface area (Å²) in [6, 6.07) is 0. The van der Waals surface area contributed by atoms with Gasteiger partial charge < -0.3 is 5.73 Å². The molecule has 0 aromatic rings. The summed E-state index contributed by atoms with van der Waals surface area (Å²) in [5.74, 6) is 3.32. The van der Waals surface area contributed by atoms with Crippen molar-refractivity contribution in [1.82, 2.24) is 0 Å². The van der Waals surface area contributed by atoms with E-state index in [0.717, 1.165) is 23.2 Å². The van der Waals surface area contributed by atoms with Crippen LogP contribution < -0.4 is 5.73 Å². The van der Waals surface area contributed by atoms with E-state index in [1.807, 2.05) is 0 Å². The minimum absolute atomic E-state index is 0.753. The highest BCUT2D eigenvalue weighted by molar-refractivity contribution is 5.08. The lowest BCUT2D eigenvalue weighted by Gasteiger charge is -2.36. The predicted molar refractivity (Wildman–Crippen MR) is 48.4 cm³/mol. The molecule has 0 aromatic carbocycles. The molecule has 0 spiro atoms. The number of fused-ring (bicyclic) bond motifs is 5. The zero-order valence-corrected chi connectivity index (χ0v) is 7.89. The van der Waals surface area contributed by atoms with Gasteiger partial charge in [0.25, 0.3) is 0 Å². The molecule has 0 unspecified atom stereocenters. The molecule has 0 amide bonds. The fourth-order valence-electron chi connectivity index (χ4n) is 4.75. The molecule has 3 aliphatic rings. The summed E-state index contributed by atoms with van der Waals surface area (Å²) in [6.07, 6.45) is 9.22. The molecule has 4 atom stereocenters. The maximum Gasteiger partial charge on any atom is 0.0802 e. The first-order chi connectivity index (χ1) is 5.87. The highest BCUT2D eigenvalue weighted by Crippen LogP contribution is 2.65. The van der Waals surface area contributed by atoms with Crippen LogP contribution in [0.3, 0.4) is 0 Å². The minimum Gasteiger partial charge on any atom is -0.357 e. The summed E-state index contributed by atoms with van der Waals surface area (Å²) >= 11 is 0. The van der Waals surface area contributed by atoms with Crippen LogP contribution in [0, 0.1) is 23.2 Å². The first-order valence-corrected chi connectivity index (χ1v) is 5.66. The molecular formula is C11H20N+. The smallest absolute Gasteiger partial charge is 0.0802 e. The molecule has 68 valence electrons. The van der Waals surface area contributed by atoms with E-state index in [1.165, 1.54) is 32.2 Å². The van der Waals surface area contributed by atoms with E-state index in [2.05, 4.69) is 5.73 Å². The lowest BCUT2D eigenvalue weighted by molar-refractivity contribution is -0.399. The fraction of sp³-hybridized carbons (Fsp3) is 1.00. The molecule has 12 heavy (non-hydrogen) atoms. The average molecular weight is 166 g/mol. The predicted octanol–water partition coefficient (Wildman–Crippen LogP) is 1.44. The van der Waals surface area contributed by atoms with Crippen LogP contribution in [-0.2, 0) is 0 Å². The molecule has 3 aliphatic carbocycles. The molecule has 0 radical (unpaired) electrons. The van der Waals surface area contributed by atoms with E-state index in [9.17, 15) is 0 Å². The zero-order valence-electron chi connectivity index (χ0n) is 7.89. The molecule has 3 N–H and O–H groups in total. The first kappa shape index (κ1) is 7.37. The summed E-state index contributed by atoms with van der Waals surface area (Å²) in [7, 11) is 0. The van der Waals surface area contributed by atoms with Crippen LogP contribution >= 0.6 is 0 Å². The van der Waals surface area contributed by atoms with E-state index >= 15 is 0 Å². The SMILES string of the molecule is [NH3+]C[C@]12CCC[C@@H]1[C@@H]1CC[C@H]2C1. The highest BCUT2D eigenvalue weighted by Gasteiger charge is 2.59. The molecule has 1 heteroatoms. The second kappa shape index (κ2) is 2.25. The number of rotatable bonds is 1. The third kappa shape index (κ3) is 0.654. The number of quaternary nitrogens is 1. The minimum atomic E-state index is 0.753. The standard InChI is InChI=1S/C11H19N/c12-7-11-5-1-2-10(11)8-3-4-9(11)6-8/h8-10H,1-7,12H2/p+1/t8-,9+,10-,11+/m1/s1. The Morgan fingerprint density at radius 1 is 1.25 bits per heavy atom. The molecule has 0 heterocycles. The largest absolute Gasteiger partial charge is 0.357 e.